The van der Waals surface area contributed by atoms with E-state index in [2.05, 4.69) is 26.1 Å². The molecule has 4 heteroatoms. The van der Waals surface area contributed by atoms with Crippen molar-refractivity contribution in [1.82, 2.24) is 5.32 Å². The zero-order valence-corrected chi connectivity index (χ0v) is 13.7. The zero-order valence-electron chi connectivity index (χ0n) is 12.9. The van der Waals surface area contributed by atoms with Gasteiger partial charge in [0.15, 0.2) is 9.84 Å². The summed E-state index contributed by atoms with van der Waals surface area (Å²) in [4.78, 5) is 0. The van der Waals surface area contributed by atoms with Crippen molar-refractivity contribution in [2.45, 2.75) is 59.1 Å². The van der Waals surface area contributed by atoms with E-state index in [9.17, 15) is 8.42 Å². The van der Waals surface area contributed by atoms with E-state index in [0.717, 1.165) is 25.9 Å². The minimum atomic E-state index is -2.96. The van der Waals surface area contributed by atoms with Crippen molar-refractivity contribution in [2.75, 3.05) is 18.8 Å². The van der Waals surface area contributed by atoms with Crippen molar-refractivity contribution >= 4 is 9.84 Å². The first-order valence-corrected chi connectivity index (χ1v) is 8.64. The van der Waals surface area contributed by atoms with Gasteiger partial charge >= 0.3 is 0 Å². The Bertz CT molecular complexity index is 315. The SMILES string of the molecule is CC(C)CNCCC(C)CCS(=O)(=O)C(C)(C)C. The summed E-state index contributed by atoms with van der Waals surface area (Å²) in [7, 11) is -2.96. The van der Waals surface area contributed by atoms with Crippen LogP contribution in [0.3, 0.4) is 0 Å². The molecule has 0 radical (unpaired) electrons. The Balaban J connectivity index is 3.88. The van der Waals surface area contributed by atoms with Crippen molar-refractivity contribution in [3.05, 3.63) is 0 Å². The van der Waals surface area contributed by atoms with Crippen LogP contribution in [0, 0.1) is 11.8 Å². The number of rotatable bonds is 8. The molecule has 1 atom stereocenters. The molecule has 0 spiro atoms. The second-order valence-electron chi connectivity index (χ2n) is 6.71. The van der Waals surface area contributed by atoms with Gasteiger partial charge < -0.3 is 5.32 Å². The van der Waals surface area contributed by atoms with E-state index < -0.39 is 14.6 Å². The smallest absolute Gasteiger partial charge is 0.155 e. The van der Waals surface area contributed by atoms with E-state index >= 15 is 0 Å². The second-order valence-corrected chi connectivity index (χ2v) is 9.57. The van der Waals surface area contributed by atoms with Gasteiger partial charge in [-0.3, -0.25) is 0 Å². The second kappa shape index (κ2) is 7.49. The van der Waals surface area contributed by atoms with Crippen LogP contribution in [-0.4, -0.2) is 32.0 Å². The monoisotopic (exact) mass is 277 g/mol. The molecule has 0 aromatic carbocycles. The van der Waals surface area contributed by atoms with Crippen LogP contribution < -0.4 is 5.32 Å². The maximum absolute atomic E-state index is 12.0. The molecule has 0 aliphatic heterocycles. The fraction of sp³-hybridized carbons (Fsp3) is 1.00. The Hall–Kier alpha value is -0.0900. The normalized spacial score (nSPS) is 15.1. The number of hydrogen-bond acceptors (Lipinski definition) is 3. The fourth-order valence-electron chi connectivity index (χ4n) is 1.55. The molecule has 110 valence electrons. The Morgan fingerprint density at radius 2 is 1.61 bits per heavy atom. The molecular formula is C14H31NO2S. The Morgan fingerprint density at radius 1 is 1.06 bits per heavy atom. The fourth-order valence-corrected chi connectivity index (χ4v) is 2.87. The molecule has 0 aliphatic rings. The van der Waals surface area contributed by atoms with Crippen molar-refractivity contribution in [2.24, 2.45) is 11.8 Å². The van der Waals surface area contributed by atoms with Gasteiger partial charge in [0, 0.05) is 0 Å². The van der Waals surface area contributed by atoms with Gasteiger partial charge in [-0.25, -0.2) is 8.42 Å². The molecule has 0 amide bonds. The number of sulfone groups is 1. The van der Waals surface area contributed by atoms with E-state index in [0.29, 0.717) is 17.6 Å². The molecular weight excluding hydrogens is 246 g/mol. The van der Waals surface area contributed by atoms with Gasteiger partial charge in [-0.2, -0.15) is 0 Å². The van der Waals surface area contributed by atoms with Crippen molar-refractivity contribution < 1.29 is 8.42 Å². The van der Waals surface area contributed by atoms with Gasteiger partial charge in [0.05, 0.1) is 10.5 Å². The summed E-state index contributed by atoms with van der Waals surface area (Å²) in [6.07, 6.45) is 1.81. The lowest BCUT2D eigenvalue weighted by Crippen LogP contribution is -2.31. The highest BCUT2D eigenvalue weighted by Crippen LogP contribution is 2.19. The highest BCUT2D eigenvalue weighted by atomic mass is 32.2. The molecule has 0 rings (SSSR count). The third-order valence-electron chi connectivity index (χ3n) is 3.18. The van der Waals surface area contributed by atoms with Crippen LogP contribution in [0.1, 0.15) is 54.4 Å². The quantitative estimate of drug-likeness (QED) is 0.694. The molecule has 0 aliphatic carbocycles. The Morgan fingerprint density at radius 3 is 2.06 bits per heavy atom. The molecule has 0 aromatic rings. The van der Waals surface area contributed by atoms with Gasteiger partial charge in [-0.15, -0.1) is 0 Å². The molecule has 0 bridgehead atoms. The van der Waals surface area contributed by atoms with Crippen LogP contribution in [0.25, 0.3) is 0 Å². The lowest BCUT2D eigenvalue weighted by Gasteiger charge is -2.20. The van der Waals surface area contributed by atoms with Crippen LogP contribution in [-0.2, 0) is 9.84 Å². The Kier molecular flexibility index (Phi) is 7.45. The van der Waals surface area contributed by atoms with E-state index in [4.69, 9.17) is 0 Å². The van der Waals surface area contributed by atoms with Crippen LogP contribution >= 0.6 is 0 Å². The largest absolute Gasteiger partial charge is 0.316 e. The molecule has 0 saturated carbocycles. The van der Waals surface area contributed by atoms with Crippen molar-refractivity contribution in [3.63, 3.8) is 0 Å². The summed E-state index contributed by atoms with van der Waals surface area (Å²) in [5, 5.41) is 3.39. The zero-order chi connectivity index (χ0) is 14.4. The van der Waals surface area contributed by atoms with Crippen molar-refractivity contribution in [1.29, 1.82) is 0 Å². The average Bonchev–Trinajstić information content (AvgIpc) is 2.19. The molecule has 0 aromatic heterocycles. The van der Waals surface area contributed by atoms with Gasteiger partial charge in [0.1, 0.15) is 0 Å². The summed E-state index contributed by atoms with van der Waals surface area (Å²) in [5.41, 5.74) is 0. The van der Waals surface area contributed by atoms with Gasteiger partial charge in [0.25, 0.3) is 0 Å². The molecule has 0 fully saturated rings. The van der Waals surface area contributed by atoms with E-state index in [1.165, 1.54) is 0 Å². The van der Waals surface area contributed by atoms with Crippen LogP contribution in [0.2, 0.25) is 0 Å². The lowest BCUT2D eigenvalue weighted by molar-refractivity contribution is 0.463. The highest BCUT2D eigenvalue weighted by Gasteiger charge is 2.28. The van der Waals surface area contributed by atoms with E-state index in [1.54, 1.807) is 20.8 Å². The third-order valence-corrected chi connectivity index (χ3v) is 5.82. The van der Waals surface area contributed by atoms with Crippen LogP contribution in [0.5, 0.6) is 0 Å². The predicted octanol–water partition coefficient (Wildman–Crippen LogP) is 2.86. The standard InChI is InChI=1S/C14H31NO2S/c1-12(2)11-15-9-7-13(3)8-10-18(16,17)14(4,5)6/h12-13,15H,7-11H2,1-6H3. The maximum Gasteiger partial charge on any atom is 0.155 e. The summed E-state index contributed by atoms with van der Waals surface area (Å²) in [6, 6.07) is 0. The maximum atomic E-state index is 12.0. The summed E-state index contributed by atoms with van der Waals surface area (Å²) in [6.45, 7) is 13.8. The first-order valence-electron chi connectivity index (χ1n) is 6.99. The van der Waals surface area contributed by atoms with Crippen molar-refractivity contribution in [3.8, 4) is 0 Å². The topological polar surface area (TPSA) is 46.2 Å². The molecule has 18 heavy (non-hydrogen) atoms. The predicted molar refractivity (Wildman–Crippen MR) is 79.6 cm³/mol. The van der Waals surface area contributed by atoms with Crippen LogP contribution in [0.15, 0.2) is 0 Å². The number of nitrogens with one attached hydrogen (secondary N) is 1. The molecule has 1 N–H and O–H groups in total. The third kappa shape index (κ3) is 7.37. The van der Waals surface area contributed by atoms with E-state index in [1.807, 2.05) is 0 Å². The average molecular weight is 277 g/mol. The first-order chi connectivity index (χ1) is 8.06. The van der Waals surface area contributed by atoms with Gasteiger partial charge in [-0.05, 0) is 58.5 Å². The van der Waals surface area contributed by atoms with Gasteiger partial charge in [0.2, 0.25) is 0 Å². The Labute approximate surface area is 114 Å². The molecule has 0 saturated heterocycles. The summed E-state index contributed by atoms with van der Waals surface area (Å²) >= 11 is 0. The summed E-state index contributed by atoms with van der Waals surface area (Å²) in [5.74, 6) is 1.44. The molecule has 0 heterocycles. The van der Waals surface area contributed by atoms with Crippen LogP contribution in [0.4, 0.5) is 0 Å². The first kappa shape index (κ1) is 17.9. The molecule has 3 nitrogen and oxygen atoms in total. The van der Waals surface area contributed by atoms with Gasteiger partial charge in [-0.1, -0.05) is 20.8 Å². The number of hydrogen-bond donors (Lipinski definition) is 1. The minimum absolute atomic E-state index is 0.307. The lowest BCUT2D eigenvalue weighted by atomic mass is 10.1. The molecule has 1 unspecified atom stereocenters. The highest BCUT2D eigenvalue weighted by molar-refractivity contribution is 7.92. The van der Waals surface area contributed by atoms with E-state index in [-0.39, 0.29) is 0 Å². The minimum Gasteiger partial charge on any atom is -0.316 e. The summed E-state index contributed by atoms with van der Waals surface area (Å²) < 4.78 is 23.3.